The molecule has 9 nitrogen and oxygen atoms in total. The Labute approximate surface area is 214 Å². The minimum absolute atomic E-state index is 0.0270. The number of aromatic nitrogens is 1. The monoisotopic (exact) mass is 526 g/mol. The third-order valence-electron chi connectivity index (χ3n) is 6.55. The van der Waals surface area contributed by atoms with Crippen molar-refractivity contribution in [3.63, 3.8) is 0 Å². The van der Waals surface area contributed by atoms with Gasteiger partial charge in [0.25, 0.3) is 15.9 Å². The third kappa shape index (κ3) is 4.93. The fourth-order valence-corrected chi connectivity index (χ4v) is 6.46. The van der Waals surface area contributed by atoms with Crippen LogP contribution >= 0.6 is 11.3 Å². The summed E-state index contributed by atoms with van der Waals surface area (Å²) in [6, 6.07) is 12.8. The number of fused-ring (bicyclic) bond motifs is 1. The van der Waals surface area contributed by atoms with Crippen LogP contribution < -0.4 is 14.4 Å². The van der Waals surface area contributed by atoms with Gasteiger partial charge in [-0.3, -0.25) is 9.52 Å². The molecule has 3 aromatic rings. The molecule has 11 heteroatoms. The Hall–Kier alpha value is -3.44. The molecule has 1 atom stereocenters. The van der Waals surface area contributed by atoms with Crippen LogP contribution in [0.5, 0.6) is 5.75 Å². The number of ether oxygens (including phenoxy) is 1. The first-order chi connectivity index (χ1) is 17.3. The van der Waals surface area contributed by atoms with Gasteiger partial charge in [0.1, 0.15) is 5.75 Å². The van der Waals surface area contributed by atoms with Crippen LogP contribution in [-0.4, -0.2) is 74.3 Å². The number of benzene rings is 2. The second-order valence-electron chi connectivity index (χ2n) is 8.83. The topological polar surface area (TPSA) is 94.9 Å². The molecule has 0 bridgehead atoms. The Morgan fingerprint density at radius 1 is 1.22 bits per heavy atom. The van der Waals surface area contributed by atoms with Gasteiger partial charge in [0.15, 0.2) is 11.3 Å². The second-order valence-corrected chi connectivity index (χ2v) is 11.4. The maximum atomic E-state index is 13.2. The molecule has 0 radical (unpaired) electrons. The predicted molar refractivity (Wildman–Crippen MR) is 140 cm³/mol. The van der Waals surface area contributed by atoms with Crippen LogP contribution in [0.15, 0.2) is 58.9 Å². The molecule has 1 unspecified atom stereocenters. The highest BCUT2D eigenvalue weighted by molar-refractivity contribution is 7.93. The van der Waals surface area contributed by atoms with Gasteiger partial charge in [-0.05, 0) is 43.3 Å². The predicted octanol–water partition coefficient (Wildman–Crippen LogP) is 2.96. The highest BCUT2D eigenvalue weighted by Crippen LogP contribution is 2.28. The largest absolute Gasteiger partial charge is 0.497 e. The quantitative estimate of drug-likeness (QED) is 0.476. The lowest BCUT2D eigenvalue weighted by Gasteiger charge is -2.40. The average Bonchev–Trinajstić information content (AvgIpc) is 3.53. The highest BCUT2D eigenvalue weighted by Gasteiger charge is 2.32. The molecule has 2 aliphatic heterocycles. The lowest BCUT2D eigenvalue weighted by Crippen LogP contribution is -2.55. The number of thiazole rings is 1. The molecule has 1 saturated heterocycles. The summed E-state index contributed by atoms with van der Waals surface area (Å²) in [5.41, 5.74) is 3.14. The minimum Gasteiger partial charge on any atom is -0.497 e. The van der Waals surface area contributed by atoms with E-state index < -0.39 is 10.0 Å². The van der Waals surface area contributed by atoms with E-state index in [1.54, 1.807) is 30.8 Å². The van der Waals surface area contributed by atoms with Crippen molar-refractivity contribution in [1.29, 1.82) is 0 Å². The summed E-state index contributed by atoms with van der Waals surface area (Å²) < 4.78 is 35.0. The zero-order chi connectivity index (χ0) is 25.3. The molecule has 0 saturated carbocycles. The Morgan fingerprint density at radius 2 is 2.03 bits per heavy atom. The summed E-state index contributed by atoms with van der Waals surface area (Å²) in [6.07, 6.45) is 4.40. The van der Waals surface area contributed by atoms with Crippen molar-refractivity contribution in [2.24, 2.45) is 0 Å². The van der Waals surface area contributed by atoms with Gasteiger partial charge in [0.05, 0.1) is 18.4 Å². The maximum Gasteiger partial charge on any atom is 0.288 e. The molecular formula is C25H28N5O4S2+. The number of nitrogens with zero attached hydrogens (tertiary/aromatic N) is 4. The van der Waals surface area contributed by atoms with E-state index in [-0.39, 0.29) is 16.8 Å². The molecule has 36 heavy (non-hydrogen) atoms. The van der Waals surface area contributed by atoms with E-state index >= 15 is 0 Å². The SMILES string of the molecule is COc1ccc2c(c1)CC=[N+]2CC(=O)N1CCN(c2ccc(S(=O)(=O)Nc3nccs3)cc2)CC1C. The molecule has 1 fully saturated rings. The molecule has 0 spiro atoms. The average molecular weight is 527 g/mol. The van der Waals surface area contributed by atoms with E-state index in [4.69, 9.17) is 4.74 Å². The van der Waals surface area contributed by atoms with Gasteiger partial charge in [0.2, 0.25) is 12.2 Å². The maximum absolute atomic E-state index is 13.2. The van der Waals surface area contributed by atoms with Crippen LogP contribution in [0.2, 0.25) is 0 Å². The molecule has 5 rings (SSSR count). The number of piperazine rings is 1. The first kappa shape index (κ1) is 24.3. The number of sulfonamides is 1. The number of hydrogen-bond donors (Lipinski definition) is 1. The first-order valence-corrected chi connectivity index (χ1v) is 14.0. The van der Waals surface area contributed by atoms with Crippen LogP contribution in [0.4, 0.5) is 16.5 Å². The van der Waals surface area contributed by atoms with Crippen LogP contribution in [0.25, 0.3) is 0 Å². The molecule has 0 aliphatic carbocycles. The summed E-state index contributed by atoms with van der Waals surface area (Å²) >= 11 is 1.23. The lowest BCUT2D eigenvalue weighted by molar-refractivity contribution is -0.422. The van der Waals surface area contributed by atoms with Crippen molar-refractivity contribution < 1.29 is 22.5 Å². The van der Waals surface area contributed by atoms with E-state index in [9.17, 15) is 13.2 Å². The second kappa shape index (κ2) is 9.90. The van der Waals surface area contributed by atoms with E-state index in [0.717, 1.165) is 29.1 Å². The smallest absolute Gasteiger partial charge is 0.288 e. The number of hydrogen-bond acceptors (Lipinski definition) is 7. The fraction of sp³-hybridized carbons (Fsp3) is 0.320. The summed E-state index contributed by atoms with van der Waals surface area (Å²) in [5, 5.41) is 2.05. The molecular weight excluding hydrogens is 498 g/mol. The molecule has 2 aromatic carbocycles. The zero-order valence-corrected chi connectivity index (χ0v) is 21.8. The zero-order valence-electron chi connectivity index (χ0n) is 20.1. The Kier molecular flexibility index (Phi) is 6.67. The van der Waals surface area contributed by atoms with Crippen molar-refractivity contribution in [3.8, 4) is 5.75 Å². The third-order valence-corrected chi connectivity index (χ3v) is 8.72. The first-order valence-electron chi connectivity index (χ1n) is 11.7. The van der Waals surface area contributed by atoms with Gasteiger partial charge in [-0.15, -0.1) is 11.3 Å². The summed E-state index contributed by atoms with van der Waals surface area (Å²) in [4.78, 5) is 21.4. The number of carbonyl (C=O) groups is 1. The van der Waals surface area contributed by atoms with Crippen molar-refractivity contribution in [1.82, 2.24) is 9.88 Å². The Balaban J connectivity index is 1.20. The Bertz CT molecular complexity index is 1390. The van der Waals surface area contributed by atoms with Gasteiger partial charge in [-0.2, -0.15) is 4.58 Å². The van der Waals surface area contributed by atoms with Crippen molar-refractivity contribution in [2.45, 2.75) is 24.3 Å². The normalized spacial score (nSPS) is 17.5. The highest BCUT2D eigenvalue weighted by atomic mass is 32.2. The molecule has 2 aliphatic rings. The number of amides is 1. The van der Waals surface area contributed by atoms with E-state index in [0.29, 0.717) is 31.3 Å². The van der Waals surface area contributed by atoms with Gasteiger partial charge >= 0.3 is 0 Å². The number of nitrogens with one attached hydrogen (secondary N) is 1. The molecule has 188 valence electrons. The number of carbonyl (C=O) groups excluding carboxylic acids is 1. The molecule has 1 aromatic heterocycles. The Morgan fingerprint density at radius 3 is 2.72 bits per heavy atom. The van der Waals surface area contributed by atoms with Crippen molar-refractivity contribution >= 4 is 50.0 Å². The summed E-state index contributed by atoms with van der Waals surface area (Å²) in [6.45, 7) is 4.31. The lowest BCUT2D eigenvalue weighted by atomic mass is 10.1. The van der Waals surface area contributed by atoms with Gasteiger partial charge in [-0.25, -0.2) is 13.4 Å². The van der Waals surface area contributed by atoms with Crippen molar-refractivity contribution in [3.05, 3.63) is 59.6 Å². The van der Waals surface area contributed by atoms with Gasteiger partial charge < -0.3 is 14.5 Å². The van der Waals surface area contributed by atoms with Crippen LogP contribution in [0, 0.1) is 0 Å². The van der Waals surface area contributed by atoms with E-state index in [1.165, 1.54) is 11.3 Å². The summed E-state index contributed by atoms with van der Waals surface area (Å²) in [5.74, 6) is 0.915. The van der Waals surface area contributed by atoms with Crippen LogP contribution in [0.3, 0.4) is 0 Å². The van der Waals surface area contributed by atoms with E-state index in [2.05, 4.69) is 20.8 Å². The van der Waals surface area contributed by atoms with Crippen LogP contribution in [-0.2, 0) is 21.2 Å². The van der Waals surface area contributed by atoms with Gasteiger partial charge in [-0.1, -0.05) is 0 Å². The van der Waals surface area contributed by atoms with Crippen molar-refractivity contribution in [2.75, 3.05) is 42.9 Å². The fourth-order valence-electron chi connectivity index (χ4n) is 4.67. The standard InChI is InChI=1S/C25H28N5O4S2/c1-18-16-28(20-3-6-22(7-4-20)36(32,33)27-25-26-10-14-35-25)12-13-30(18)24(31)17-29-11-9-19-15-21(34-2)5-8-23(19)29/h3-8,10-11,14-15,18H,9,12-13,16-17H2,1-2H3,(H,26,27)/q+1. The van der Waals surface area contributed by atoms with Gasteiger partial charge in [0, 0.05) is 54.6 Å². The molecule has 3 heterocycles. The number of methoxy groups -OCH3 is 1. The number of anilines is 2. The minimum atomic E-state index is -3.69. The molecule has 1 N–H and O–H groups in total. The number of rotatable bonds is 7. The summed E-state index contributed by atoms with van der Waals surface area (Å²) in [7, 11) is -2.03. The van der Waals surface area contributed by atoms with E-state index in [1.807, 2.05) is 46.7 Å². The molecule has 1 amide bonds. The van der Waals surface area contributed by atoms with Crippen LogP contribution in [0.1, 0.15) is 12.5 Å².